The van der Waals surface area contributed by atoms with Crippen molar-refractivity contribution < 1.29 is 14.6 Å². The highest BCUT2D eigenvalue weighted by Crippen LogP contribution is 2.35. The van der Waals surface area contributed by atoms with Crippen LogP contribution in [0.1, 0.15) is 36.8 Å². The van der Waals surface area contributed by atoms with E-state index < -0.39 is 5.60 Å². The lowest BCUT2D eigenvalue weighted by Gasteiger charge is -2.19. The van der Waals surface area contributed by atoms with Gasteiger partial charge in [-0.3, -0.25) is 0 Å². The summed E-state index contributed by atoms with van der Waals surface area (Å²) in [5.41, 5.74) is 3.14. The molecule has 0 aliphatic heterocycles. The van der Waals surface area contributed by atoms with Gasteiger partial charge < -0.3 is 14.8 Å². The summed E-state index contributed by atoms with van der Waals surface area (Å²) in [5.74, 6) is -0.156. The number of fused-ring (bicyclic) bond motifs is 1. The zero-order chi connectivity index (χ0) is 17.5. The first-order valence-electron chi connectivity index (χ1n) is 7.90. The van der Waals surface area contributed by atoms with Crippen LogP contribution < -0.4 is 0 Å². The average molecular weight is 323 g/mol. The predicted molar refractivity (Wildman–Crippen MR) is 95.3 cm³/mol. The molecule has 24 heavy (non-hydrogen) atoms. The van der Waals surface area contributed by atoms with Crippen molar-refractivity contribution in [3.8, 4) is 16.9 Å². The minimum absolute atomic E-state index is 0.234. The van der Waals surface area contributed by atoms with Gasteiger partial charge in [0.15, 0.2) is 0 Å². The Hall–Kier alpha value is -2.75. The van der Waals surface area contributed by atoms with E-state index in [-0.39, 0.29) is 11.7 Å². The molecule has 0 radical (unpaired) electrons. The number of benzene rings is 2. The van der Waals surface area contributed by atoms with Gasteiger partial charge in [0.2, 0.25) is 0 Å². The lowest BCUT2D eigenvalue weighted by molar-refractivity contribution is 0.00648. The quantitative estimate of drug-likeness (QED) is 0.666. The van der Waals surface area contributed by atoms with Gasteiger partial charge in [-0.05, 0) is 57.0 Å². The number of esters is 1. The summed E-state index contributed by atoms with van der Waals surface area (Å²) >= 11 is 0. The van der Waals surface area contributed by atoms with Gasteiger partial charge in [0.25, 0.3) is 0 Å². The molecule has 4 heteroatoms. The maximum absolute atomic E-state index is 12.7. The number of para-hydroxylation sites is 1. The average Bonchev–Trinajstić information content (AvgIpc) is 2.88. The van der Waals surface area contributed by atoms with Crippen LogP contribution in [0.3, 0.4) is 0 Å². The summed E-state index contributed by atoms with van der Waals surface area (Å²) in [6.45, 7) is 7.37. The lowest BCUT2D eigenvalue weighted by Crippen LogP contribution is -2.24. The van der Waals surface area contributed by atoms with E-state index in [2.05, 4.69) is 4.98 Å². The van der Waals surface area contributed by atoms with E-state index in [0.29, 0.717) is 5.69 Å². The molecule has 0 saturated heterocycles. The third-order valence-electron chi connectivity index (χ3n) is 3.79. The Labute approximate surface area is 141 Å². The predicted octanol–water partition coefficient (Wildman–Crippen LogP) is 4.80. The van der Waals surface area contributed by atoms with Gasteiger partial charge in [-0.15, -0.1) is 0 Å². The molecule has 0 unspecified atom stereocenters. The normalized spacial score (nSPS) is 11.7. The number of phenolic OH excluding ortho intramolecular Hbond substituents is 1. The first kappa shape index (κ1) is 16.1. The summed E-state index contributed by atoms with van der Waals surface area (Å²) < 4.78 is 5.55. The topological polar surface area (TPSA) is 62.3 Å². The number of hydrogen-bond acceptors (Lipinski definition) is 3. The number of H-pyrrole nitrogens is 1. The van der Waals surface area contributed by atoms with Gasteiger partial charge in [-0.1, -0.05) is 24.3 Å². The third kappa shape index (κ3) is 3.00. The van der Waals surface area contributed by atoms with Crippen LogP contribution in [0.25, 0.3) is 22.0 Å². The molecular formula is C20H21NO3. The third-order valence-corrected chi connectivity index (χ3v) is 3.79. The van der Waals surface area contributed by atoms with Crippen LogP contribution >= 0.6 is 0 Å². The smallest absolute Gasteiger partial charge is 0.355 e. The van der Waals surface area contributed by atoms with Gasteiger partial charge in [-0.25, -0.2) is 4.79 Å². The minimum atomic E-state index is -0.573. The molecule has 3 rings (SSSR count). The maximum Gasteiger partial charge on any atom is 0.355 e. The second kappa shape index (κ2) is 5.71. The van der Waals surface area contributed by atoms with Crippen LogP contribution in [0, 0.1) is 6.92 Å². The Morgan fingerprint density at radius 2 is 1.83 bits per heavy atom. The number of aryl methyl sites for hydroxylation is 1. The number of ether oxygens (including phenoxy) is 1. The molecule has 124 valence electrons. The summed E-state index contributed by atoms with van der Waals surface area (Å²) in [6.07, 6.45) is 0. The summed E-state index contributed by atoms with van der Waals surface area (Å²) in [5, 5.41) is 10.7. The fourth-order valence-electron chi connectivity index (χ4n) is 2.73. The van der Waals surface area contributed by atoms with Gasteiger partial charge >= 0.3 is 5.97 Å². The van der Waals surface area contributed by atoms with Gasteiger partial charge in [0.1, 0.15) is 17.0 Å². The first-order valence-corrected chi connectivity index (χ1v) is 7.90. The second-order valence-electron chi connectivity index (χ2n) is 6.92. The highest BCUT2D eigenvalue weighted by atomic mass is 16.6. The van der Waals surface area contributed by atoms with Crippen LogP contribution in [0.2, 0.25) is 0 Å². The Morgan fingerprint density at radius 1 is 1.12 bits per heavy atom. The van der Waals surface area contributed by atoms with Gasteiger partial charge in [0.05, 0.1) is 0 Å². The first-order chi connectivity index (χ1) is 11.3. The maximum atomic E-state index is 12.7. The molecule has 0 atom stereocenters. The summed E-state index contributed by atoms with van der Waals surface area (Å²) in [6, 6.07) is 13.1. The number of phenols is 1. The van der Waals surface area contributed by atoms with Crippen molar-refractivity contribution in [1.82, 2.24) is 4.98 Å². The zero-order valence-electron chi connectivity index (χ0n) is 14.3. The van der Waals surface area contributed by atoms with Crippen molar-refractivity contribution in [2.75, 3.05) is 0 Å². The Kier molecular flexibility index (Phi) is 3.84. The minimum Gasteiger partial charge on any atom is -0.508 e. The van der Waals surface area contributed by atoms with Crippen molar-refractivity contribution in [2.45, 2.75) is 33.3 Å². The Balaban J connectivity index is 2.22. The van der Waals surface area contributed by atoms with Gasteiger partial charge in [-0.2, -0.15) is 0 Å². The van der Waals surface area contributed by atoms with Crippen molar-refractivity contribution >= 4 is 16.9 Å². The molecule has 1 heterocycles. The fraction of sp³-hybridized carbons (Fsp3) is 0.250. The molecule has 2 aromatic carbocycles. The number of hydrogen-bond donors (Lipinski definition) is 2. The second-order valence-corrected chi connectivity index (χ2v) is 6.92. The fourth-order valence-corrected chi connectivity index (χ4v) is 2.73. The van der Waals surface area contributed by atoms with E-state index in [1.165, 1.54) is 0 Å². The molecule has 0 aliphatic rings. The SMILES string of the molecule is Cc1cc(-c2c(C(=O)OC(C)(C)C)[nH]c3ccccc23)ccc1O. The molecule has 3 aromatic rings. The Morgan fingerprint density at radius 3 is 2.50 bits per heavy atom. The monoisotopic (exact) mass is 323 g/mol. The number of rotatable bonds is 2. The van der Waals surface area contributed by atoms with Crippen LogP contribution in [0.15, 0.2) is 42.5 Å². The van der Waals surface area contributed by atoms with Crippen LogP contribution in [0.5, 0.6) is 5.75 Å². The van der Waals surface area contributed by atoms with E-state index in [1.54, 1.807) is 6.07 Å². The van der Waals surface area contributed by atoms with Crippen LogP contribution in [-0.4, -0.2) is 21.7 Å². The zero-order valence-corrected chi connectivity index (χ0v) is 14.3. The molecule has 2 N–H and O–H groups in total. The van der Waals surface area contributed by atoms with E-state index in [0.717, 1.165) is 27.6 Å². The van der Waals surface area contributed by atoms with E-state index in [9.17, 15) is 9.90 Å². The van der Waals surface area contributed by atoms with E-state index in [1.807, 2.05) is 64.1 Å². The van der Waals surface area contributed by atoms with Crippen molar-refractivity contribution in [1.29, 1.82) is 0 Å². The van der Waals surface area contributed by atoms with E-state index >= 15 is 0 Å². The molecular weight excluding hydrogens is 302 g/mol. The molecule has 0 fully saturated rings. The largest absolute Gasteiger partial charge is 0.508 e. The Bertz CT molecular complexity index is 916. The lowest BCUT2D eigenvalue weighted by atomic mass is 9.99. The molecule has 0 amide bonds. The number of nitrogens with one attached hydrogen (secondary N) is 1. The number of carbonyl (C=O) groups is 1. The molecule has 0 bridgehead atoms. The number of carbonyl (C=O) groups excluding carboxylic acids is 1. The number of aromatic nitrogens is 1. The molecule has 0 aliphatic carbocycles. The summed E-state index contributed by atoms with van der Waals surface area (Å²) in [7, 11) is 0. The van der Waals surface area contributed by atoms with Gasteiger partial charge in [0, 0.05) is 16.5 Å². The number of aromatic amines is 1. The van der Waals surface area contributed by atoms with Crippen molar-refractivity contribution in [2.24, 2.45) is 0 Å². The van der Waals surface area contributed by atoms with Crippen LogP contribution in [0.4, 0.5) is 0 Å². The molecule has 4 nitrogen and oxygen atoms in total. The van der Waals surface area contributed by atoms with E-state index in [4.69, 9.17) is 4.74 Å². The molecule has 0 spiro atoms. The number of aromatic hydroxyl groups is 1. The van der Waals surface area contributed by atoms with Crippen molar-refractivity contribution in [3.05, 3.63) is 53.7 Å². The molecule has 0 saturated carbocycles. The molecule has 1 aromatic heterocycles. The highest BCUT2D eigenvalue weighted by Gasteiger charge is 2.24. The van der Waals surface area contributed by atoms with Crippen LogP contribution in [-0.2, 0) is 4.74 Å². The summed E-state index contributed by atoms with van der Waals surface area (Å²) in [4.78, 5) is 15.9. The highest BCUT2D eigenvalue weighted by molar-refractivity contribution is 6.08. The standard InChI is InChI=1S/C20H21NO3/c1-12-11-13(9-10-16(12)22)17-14-7-5-6-8-15(14)21-18(17)19(23)24-20(2,3)4/h5-11,21-22H,1-4H3. The van der Waals surface area contributed by atoms with Crippen molar-refractivity contribution in [3.63, 3.8) is 0 Å².